The van der Waals surface area contributed by atoms with Crippen molar-refractivity contribution >= 4 is 63.6 Å². The van der Waals surface area contributed by atoms with Crippen LogP contribution in [0.25, 0.3) is 11.8 Å². The molecule has 0 aliphatic heterocycles. The highest BCUT2D eigenvalue weighted by Gasteiger charge is 2.17. The number of nitrogens with two attached hydrogens (primary N) is 1. The third-order valence-electron chi connectivity index (χ3n) is 5.24. The van der Waals surface area contributed by atoms with Crippen molar-refractivity contribution in [1.82, 2.24) is 0 Å². The Morgan fingerprint density at radius 3 is 2.60 bits per heavy atom. The van der Waals surface area contributed by atoms with E-state index >= 15 is 0 Å². The number of hydrogen-bond donors (Lipinski definition) is 3. The summed E-state index contributed by atoms with van der Waals surface area (Å²) in [7, 11) is 0. The van der Waals surface area contributed by atoms with E-state index in [1.54, 1.807) is 36.5 Å². The third-order valence-corrected chi connectivity index (χ3v) is 6.86. The first-order chi connectivity index (χ1) is 14.3. The lowest BCUT2D eigenvalue weighted by Crippen LogP contribution is -2.24. The van der Waals surface area contributed by atoms with Gasteiger partial charge in [-0.1, -0.05) is 48.5 Å². The minimum atomic E-state index is -0.775. The zero-order chi connectivity index (χ0) is 21.7. The number of nitrogens with one attached hydrogen (secondary N) is 2. The van der Waals surface area contributed by atoms with Crippen LogP contribution in [0.5, 0.6) is 0 Å². The molecule has 158 valence electrons. The number of halogens is 2. The minimum absolute atomic E-state index is 0.240. The molecular formula is C23H25Cl2N3OS. The summed E-state index contributed by atoms with van der Waals surface area (Å²) < 4.78 is 0. The van der Waals surface area contributed by atoms with E-state index in [9.17, 15) is 4.79 Å². The van der Waals surface area contributed by atoms with Gasteiger partial charge in [-0.2, -0.15) is 0 Å². The molecule has 1 fully saturated rings. The van der Waals surface area contributed by atoms with Crippen molar-refractivity contribution in [3.63, 3.8) is 0 Å². The van der Waals surface area contributed by atoms with Crippen LogP contribution in [-0.2, 0) is 4.79 Å². The van der Waals surface area contributed by atoms with Gasteiger partial charge in [0.15, 0.2) is 0 Å². The maximum atomic E-state index is 11.6. The molecule has 1 aliphatic rings. The van der Waals surface area contributed by atoms with Crippen molar-refractivity contribution in [1.29, 1.82) is 5.41 Å². The van der Waals surface area contributed by atoms with E-state index in [2.05, 4.69) is 17.5 Å². The summed E-state index contributed by atoms with van der Waals surface area (Å²) in [6.07, 6.45) is 10.9. The van der Waals surface area contributed by atoms with Crippen LogP contribution in [0.4, 0.5) is 5.69 Å². The number of benzene rings is 1. The molecular weight excluding hydrogens is 437 g/mol. The number of carbonyl (C=O) groups excluding carboxylic acids is 1. The molecule has 0 spiro atoms. The number of amides is 1. The van der Waals surface area contributed by atoms with Gasteiger partial charge in [0.25, 0.3) is 5.91 Å². The van der Waals surface area contributed by atoms with Crippen molar-refractivity contribution in [3.05, 3.63) is 61.8 Å². The molecule has 1 aromatic carbocycles. The van der Waals surface area contributed by atoms with Crippen LogP contribution in [0.15, 0.2) is 42.0 Å². The predicted octanol–water partition coefficient (Wildman–Crippen LogP) is 7.00. The summed E-state index contributed by atoms with van der Waals surface area (Å²) in [6.45, 7) is 1.70. The van der Waals surface area contributed by atoms with Crippen LogP contribution < -0.4 is 11.1 Å². The van der Waals surface area contributed by atoms with Gasteiger partial charge in [0, 0.05) is 15.5 Å². The van der Waals surface area contributed by atoms with Gasteiger partial charge < -0.3 is 11.1 Å². The van der Waals surface area contributed by atoms with Crippen LogP contribution in [0.2, 0.25) is 10.0 Å². The van der Waals surface area contributed by atoms with Gasteiger partial charge in [-0.05, 0) is 62.1 Å². The van der Waals surface area contributed by atoms with E-state index in [0.717, 1.165) is 9.75 Å². The second-order valence-electron chi connectivity index (χ2n) is 7.45. The van der Waals surface area contributed by atoms with E-state index < -0.39 is 5.91 Å². The highest BCUT2D eigenvalue weighted by atomic mass is 35.5. The Morgan fingerprint density at radius 1 is 1.20 bits per heavy atom. The highest BCUT2D eigenvalue weighted by Crippen LogP contribution is 2.33. The van der Waals surface area contributed by atoms with Crippen LogP contribution in [-0.4, -0.2) is 11.6 Å². The fourth-order valence-corrected chi connectivity index (χ4v) is 4.94. The van der Waals surface area contributed by atoms with Crippen molar-refractivity contribution in [2.45, 2.75) is 39.0 Å². The van der Waals surface area contributed by atoms with Crippen LogP contribution in [0.1, 0.15) is 48.8 Å². The van der Waals surface area contributed by atoms with Crippen LogP contribution in [0.3, 0.4) is 0 Å². The van der Waals surface area contributed by atoms with Crippen molar-refractivity contribution < 1.29 is 4.79 Å². The Bertz CT molecular complexity index is 1000. The summed E-state index contributed by atoms with van der Waals surface area (Å²) in [5.41, 5.74) is 6.84. The van der Waals surface area contributed by atoms with E-state index in [0.29, 0.717) is 32.9 Å². The molecule has 1 heterocycles. The summed E-state index contributed by atoms with van der Waals surface area (Å²) in [6, 6.07) is 9.17. The molecule has 0 unspecified atom stereocenters. The largest absolute Gasteiger partial charge is 0.364 e. The number of hydrogen-bond acceptors (Lipinski definition) is 4. The maximum absolute atomic E-state index is 11.6. The number of rotatable bonds is 7. The number of allylic oxidation sites excluding steroid dienone is 1. The van der Waals surface area contributed by atoms with E-state index in [1.165, 1.54) is 32.1 Å². The smallest absolute Gasteiger partial charge is 0.266 e. The van der Waals surface area contributed by atoms with Crippen LogP contribution >= 0.6 is 34.5 Å². The average molecular weight is 462 g/mol. The SMILES string of the molecule is C/C(C(=N)C(N)=O)=C(/Nc1ccc(Cl)cc1Cl)c1ccc(/C=C/C2CCCCC2)s1. The normalized spacial score (nSPS) is 15.8. The topological polar surface area (TPSA) is 79.0 Å². The molecule has 7 heteroatoms. The van der Waals surface area contributed by atoms with Gasteiger partial charge in [-0.25, -0.2) is 0 Å². The third kappa shape index (κ3) is 5.75. The Labute approximate surface area is 191 Å². The summed E-state index contributed by atoms with van der Waals surface area (Å²) in [5.74, 6) is -0.127. The number of carbonyl (C=O) groups is 1. The monoisotopic (exact) mass is 461 g/mol. The Morgan fingerprint density at radius 2 is 1.93 bits per heavy atom. The lowest BCUT2D eigenvalue weighted by atomic mass is 9.89. The summed E-state index contributed by atoms with van der Waals surface area (Å²) in [5, 5.41) is 12.3. The molecule has 1 aromatic heterocycles. The first-order valence-corrected chi connectivity index (χ1v) is 11.5. The molecule has 3 rings (SSSR count). The zero-order valence-corrected chi connectivity index (χ0v) is 19.1. The minimum Gasteiger partial charge on any atom is -0.364 e. The Balaban J connectivity index is 1.91. The molecule has 4 N–H and O–H groups in total. The molecule has 0 atom stereocenters. The quantitative estimate of drug-likeness (QED) is 0.388. The van der Waals surface area contributed by atoms with Gasteiger partial charge >= 0.3 is 0 Å². The first kappa shape index (κ1) is 22.6. The summed E-state index contributed by atoms with van der Waals surface area (Å²) >= 11 is 13.9. The molecule has 30 heavy (non-hydrogen) atoms. The van der Waals surface area contributed by atoms with Gasteiger partial charge in [0.1, 0.15) is 5.71 Å². The molecule has 4 nitrogen and oxygen atoms in total. The first-order valence-electron chi connectivity index (χ1n) is 9.95. The number of primary amides is 1. The Kier molecular flexibility index (Phi) is 7.75. The summed E-state index contributed by atoms with van der Waals surface area (Å²) in [4.78, 5) is 13.6. The molecule has 0 radical (unpaired) electrons. The zero-order valence-electron chi connectivity index (χ0n) is 16.8. The lowest BCUT2D eigenvalue weighted by Gasteiger charge is -2.17. The molecule has 1 aliphatic carbocycles. The average Bonchev–Trinajstić information content (AvgIpc) is 3.20. The maximum Gasteiger partial charge on any atom is 0.266 e. The van der Waals surface area contributed by atoms with Gasteiger partial charge in [-0.15, -0.1) is 11.3 Å². The Hall–Kier alpha value is -2.08. The number of anilines is 1. The fourth-order valence-electron chi connectivity index (χ4n) is 3.51. The van der Waals surface area contributed by atoms with Crippen molar-refractivity contribution in [3.8, 4) is 0 Å². The molecule has 0 saturated heterocycles. The van der Waals surface area contributed by atoms with Crippen molar-refractivity contribution in [2.24, 2.45) is 11.7 Å². The number of thiophene rings is 1. The van der Waals surface area contributed by atoms with Gasteiger partial charge in [-0.3, -0.25) is 10.2 Å². The van der Waals surface area contributed by atoms with E-state index in [4.69, 9.17) is 34.3 Å². The molecule has 0 bridgehead atoms. The molecule has 2 aromatic rings. The second-order valence-corrected chi connectivity index (χ2v) is 9.41. The van der Waals surface area contributed by atoms with Gasteiger partial charge in [0.2, 0.25) is 0 Å². The standard InChI is InChI=1S/C23H25Cl2N3OS/c1-14(21(26)23(27)29)22(28-19-11-8-16(24)13-18(19)25)20-12-10-17(30-20)9-7-15-5-3-2-4-6-15/h7-13,15,26,28H,2-6H2,1H3,(H2,27,29)/b9-7+,22-14-,26-21?. The fraction of sp³-hybridized carbons (Fsp3) is 0.304. The van der Waals surface area contributed by atoms with E-state index in [1.807, 2.05) is 12.1 Å². The highest BCUT2D eigenvalue weighted by molar-refractivity contribution is 7.14. The van der Waals surface area contributed by atoms with Crippen LogP contribution in [0, 0.1) is 11.3 Å². The van der Waals surface area contributed by atoms with Crippen molar-refractivity contribution in [2.75, 3.05) is 5.32 Å². The second kappa shape index (κ2) is 10.3. The molecule has 1 saturated carbocycles. The molecule has 1 amide bonds. The predicted molar refractivity (Wildman–Crippen MR) is 130 cm³/mol. The van der Waals surface area contributed by atoms with Gasteiger partial charge in [0.05, 0.1) is 21.3 Å². The van der Waals surface area contributed by atoms with E-state index in [-0.39, 0.29) is 5.71 Å². The lowest BCUT2D eigenvalue weighted by molar-refractivity contribution is -0.112.